The second-order valence-corrected chi connectivity index (χ2v) is 12.7. The standard InChI is InChI=1S/C45H25N3O2/c1-2-13-28-27(11-1)25-36(30-15-4-3-14-29(28)30)45-47-43(46-44(48-45)35-19-10-22-39-41(35)33-17-6-8-21-38(33)49-39)34-18-9-12-26-23-24-32-31-16-5-7-20-37(31)50-42(32)40(26)34/h1-25H. The molecule has 0 saturated carbocycles. The van der Waals surface area contributed by atoms with Crippen molar-refractivity contribution in [3.05, 3.63) is 152 Å². The van der Waals surface area contributed by atoms with E-state index in [1.165, 1.54) is 5.39 Å². The zero-order valence-corrected chi connectivity index (χ0v) is 26.6. The third kappa shape index (κ3) is 3.92. The van der Waals surface area contributed by atoms with Crippen molar-refractivity contribution in [3.8, 4) is 34.2 Å². The summed E-state index contributed by atoms with van der Waals surface area (Å²) in [5.41, 5.74) is 6.00. The highest BCUT2D eigenvalue weighted by molar-refractivity contribution is 6.19. The van der Waals surface area contributed by atoms with Crippen molar-refractivity contribution in [1.29, 1.82) is 0 Å². The Morgan fingerprint density at radius 1 is 0.320 bits per heavy atom. The molecule has 3 heterocycles. The molecule has 50 heavy (non-hydrogen) atoms. The fourth-order valence-electron chi connectivity index (χ4n) is 7.68. The van der Waals surface area contributed by atoms with Crippen LogP contribution in [0.3, 0.4) is 0 Å². The van der Waals surface area contributed by atoms with Crippen LogP contribution in [0.1, 0.15) is 0 Å². The molecule has 0 saturated heterocycles. The number of benzene rings is 8. The molecule has 0 radical (unpaired) electrons. The van der Waals surface area contributed by atoms with Crippen molar-refractivity contribution < 1.29 is 8.83 Å². The van der Waals surface area contributed by atoms with Crippen LogP contribution >= 0.6 is 0 Å². The van der Waals surface area contributed by atoms with E-state index in [2.05, 4.69) is 103 Å². The van der Waals surface area contributed by atoms with E-state index in [-0.39, 0.29) is 0 Å². The molecule has 0 aliphatic rings. The van der Waals surface area contributed by atoms with Crippen LogP contribution < -0.4 is 0 Å². The first-order valence-electron chi connectivity index (χ1n) is 16.7. The number of hydrogen-bond acceptors (Lipinski definition) is 5. The first-order valence-corrected chi connectivity index (χ1v) is 16.7. The van der Waals surface area contributed by atoms with Gasteiger partial charge in [0.15, 0.2) is 17.5 Å². The zero-order valence-electron chi connectivity index (χ0n) is 26.6. The van der Waals surface area contributed by atoms with Crippen molar-refractivity contribution in [2.24, 2.45) is 0 Å². The van der Waals surface area contributed by atoms with E-state index < -0.39 is 0 Å². The highest BCUT2D eigenvalue weighted by atomic mass is 16.3. The average molecular weight is 640 g/mol. The van der Waals surface area contributed by atoms with Crippen LogP contribution in [0.4, 0.5) is 0 Å². The highest BCUT2D eigenvalue weighted by Gasteiger charge is 2.21. The van der Waals surface area contributed by atoms with E-state index in [0.29, 0.717) is 17.5 Å². The summed E-state index contributed by atoms with van der Waals surface area (Å²) < 4.78 is 12.9. The highest BCUT2D eigenvalue weighted by Crippen LogP contribution is 2.41. The molecular formula is C45H25N3O2. The van der Waals surface area contributed by atoms with Gasteiger partial charge in [0.1, 0.15) is 22.3 Å². The van der Waals surface area contributed by atoms with Crippen molar-refractivity contribution in [1.82, 2.24) is 15.0 Å². The molecule has 11 rings (SSSR count). The van der Waals surface area contributed by atoms with Gasteiger partial charge >= 0.3 is 0 Å². The smallest absolute Gasteiger partial charge is 0.164 e. The number of hydrogen-bond donors (Lipinski definition) is 0. The number of rotatable bonds is 3. The van der Waals surface area contributed by atoms with Gasteiger partial charge in [-0.05, 0) is 57.3 Å². The predicted molar refractivity (Wildman–Crippen MR) is 203 cm³/mol. The molecule has 0 amide bonds. The normalized spacial score (nSPS) is 12.0. The molecule has 5 heteroatoms. The quantitative estimate of drug-likeness (QED) is 0.180. The van der Waals surface area contributed by atoms with E-state index in [4.69, 9.17) is 23.8 Å². The molecule has 0 aliphatic carbocycles. The van der Waals surface area contributed by atoms with Crippen LogP contribution in [0.15, 0.2) is 160 Å². The third-order valence-electron chi connectivity index (χ3n) is 9.92. The minimum atomic E-state index is 0.575. The number of fused-ring (bicyclic) bond motifs is 11. The monoisotopic (exact) mass is 639 g/mol. The largest absolute Gasteiger partial charge is 0.456 e. The van der Waals surface area contributed by atoms with E-state index >= 15 is 0 Å². The van der Waals surface area contributed by atoms with Crippen LogP contribution in [-0.2, 0) is 0 Å². The van der Waals surface area contributed by atoms with Crippen LogP contribution in [0, 0.1) is 0 Å². The summed E-state index contributed by atoms with van der Waals surface area (Å²) in [5.74, 6) is 1.75. The summed E-state index contributed by atoms with van der Waals surface area (Å²) in [6, 6.07) is 52.1. The molecule has 0 atom stereocenters. The van der Waals surface area contributed by atoms with Crippen LogP contribution in [0.25, 0.3) is 110 Å². The van der Waals surface area contributed by atoms with E-state index in [1.807, 2.05) is 48.5 Å². The molecule has 0 aliphatic heterocycles. The van der Waals surface area contributed by atoms with Gasteiger partial charge in [-0.2, -0.15) is 0 Å². The van der Waals surface area contributed by atoms with Gasteiger partial charge in [0, 0.05) is 43.6 Å². The van der Waals surface area contributed by atoms with Crippen molar-refractivity contribution >= 4 is 76.2 Å². The molecule has 0 N–H and O–H groups in total. The van der Waals surface area contributed by atoms with Gasteiger partial charge in [0.05, 0.1) is 0 Å². The second kappa shape index (κ2) is 10.3. The maximum Gasteiger partial charge on any atom is 0.164 e. The summed E-state index contributed by atoms with van der Waals surface area (Å²) in [4.78, 5) is 15.9. The molecule has 0 fully saturated rings. The van der Waals surface area contributed by atoms with Gasteiger partial charge in [-0.1, -0.05) is 121 Å². The SMILES string of the molecule is c1ccc2c(c1)cc(-c1nc(-c3cccc4oc5ccccc5c34)nc(-c3cccc4ccc5c6ccccc6oc5c34)n1)c1ccccc12. The first-order chi connectivity index (χ1) is 24.8. The molecule has 0 bridgehead atoms. The lowest BCUT2D eigenvalue weighted by atomic mass is 9.96. The number of nitrogens with zero attached hydrogens (tertiary/aromatic N) is 3. The van der Waals surface area contributed by atoms with Crippen molar-refractivity contribution in [2.45, 2.75) is 0 Å². The first kappa shape index (κ1) is 27.1. The summed E-state index contributed by atoms with van der Waals surface area (Å²) in [6.07, 6.45) is 0. The Morgan fingerprint density at radius 2 is 0.880 bits per heavy atom. The lowest BCUT2D eigenvalue weighted by molar-refractivity contribution is 0.669. The van der Waals surface area contributed by atoms with Crippen LogP contribution in [-0.4, -0.2) is 15.0 Å². The molecule has 3 aromatic heterocycles. The van der Waals surface area contributed by atoms with Crippen LogP contribution in [0.2, 0.25) is 0 Å². The summed E-state index contributed by atoms with van der Waals surface area (Å²) >= 11 is 0. The Morgan fingerprint density at radius 3 is 1.68 bits per heavy atom. The van der Waals surface area contributed by atoms with Gasteiger partial charge in [0.25, 0.3) is 0 Å². The Labute approximate surface area is 285 Å². The fraction of sp³-hybridized carbons (Fsp3) is 0. The zero-order chi connectivity index (χ0) is 32.8. The van der Waals surface area contributed by atoms with E-state index in [0.717, 1.165) is 87.5 Å². The Hall–Kier alpha value is -6.85. The number of para-hydroxylation sites is 2. The number of furan rings is 2. The van der Waals surface area contributed by atoms with E-state index in [9.17, 15) is 0 Å². The second-order valence-electron chi connectivity index (χ2n) is 12.7. The van der Waals surface area contributed by atoms with Crippen molar-refractivity contribution in [3.63, 3.8) is 0 Å². The minimum absolute atomic E-state index is 0.575. The van der Waals surface area contributed by atoms with Gasteiger partial charge in [-0.25, -0.2) is 15.0 Å². The minimum Gasteiger partial charge on any atom is -0.456 e. The van der Waals surface area contributed by atoms with Crippen molar-refractivity contribution in [2.75, 3.05) is 0 Å². The van der Waals surface area contributed by atoms with Gasteiger partial charge < -0.3 is 8.83 Å². The van der Waals surface area contributed by atoms with E-state index in [1.54, 1.807) is 0 Å². The fourth-order valence-corrected chi connectivity index (χ4v) is 7.68. The Kier molecular flexibility index (Phi) is 5.60. The lowest BCUT2D eigenvalue weighted by Gasteiger charge is -2.13. The van der Waals surface area contributed by atoms with Gasteiger partial charge in [0.2, 0.25) is 0 Å². The van der Waals surface area contributed by atoms with Gasteiger partial charge in [-0.15, -0.1) is 0 Å². The lowest BCUT2D eigenvalue weighted by Crippen LogP contribution is -2.01. The maximum atomic E-state index is 6.58. The molecule has 0 unspecified atom stereocenters. The average Bonchev–Trinajstić information content (AvgIpc) is 3.76. The molecule has 8 aromatic carbocycles. The topological polar surface area (TPSA) is 65.0 Å². The Bertz CT molecular complexity index is 3170. The number of aromatic nitrogens is 3. The maximum absolute atomic E-state index is 6.58. The summed E-state index contributed by atoms with van der Waals surface area (Å²) in [5, 5.41) is 10.7. The summed E-state index contributed by atoms with van der Waals surface area (Å²) in [6.45, 7) is 0. The molecule has 0 spiro atoms. The predicted octanol–water partition coefficient (Wildman–Crippen LogP) is 12.1. The third-order valence-corrected chi connectivity index (χ3v) is 9.92. The molecular weight excluding hydrogens is 615 g/mol. The Balaban J connectivity index is 1.27. The molecule has 5 nitrogen and oxygen atoms in total. The van der Waals surface area contributed by atoms with Gasteiger partial charge in [-0.3, -0.25) is 0 Å². The van der Waals surface area contributed by atoms with Crippen LogP contribution in [0.5, 0.6) is 0 Å². The molecule has 11 aromatic rings. The summed E-state index contributed by atoms with van der Waals surface area (Å²) in [7, 11) is 0. The molecule has 232 valence electrons.